The molecule has 1 heterocycles. The van der Waals surface area contributed by atoms with Crippen LogP contribution < -0.4 is 9.47 Å². The van der Waals surface area contributed by atoms with Crippen LogP contribution in [0.15, 0.2) is 36.4 Å². The molecule has 32 heavy (non-hydrogen) atoms. The monoisotopic (exact) mass is 461 g/mol. The summed E-state index contributed by atoms with van der Waals surface area (Å²) in [7, 11) is 1.42. The summed E-state index contributed by atoms with van der Waals surface area (Å²) in [5.74, 6) is 0.296. The van der Waals surface area contributed by atoms with E-state index in [0.29, 0.717) is 31.7 Å². The van der Waals surface area contributed by atoms with Crippen molar-refractivity contribution in [1.29, 1.82) is 0 Å². The van der Waals surface area contributed by atoms with Crippen LogP contribution in [0.3, 0.4) is 0 Å². The fourth-order valence-corrected chi connectivity index (χ4v) is 3.57. The van der Waals surface area contributed by atoms with E-state index >= 15 is 0 Å². The summed E-state index contributed by atoms with van der Waals surface area (Å²) in [4.78, 5) is 39.3. The van der Waals surface area contributed by atoms with Crippen LogP contribution in [-0.4, -0.2) is 59.8 Å². The highest BCUT2D eigenvalue weighted by Gasteiger charge is 2.27. The Morgan fingerprint density at radius 1 is 1.00 bits per heavy atom. The van der Waals surface area contributed by atoms with Crippen molar-refractivity contribution in [3.8, 4) is 17.2 Å². The molecule has 0 bridgehead atoms. The van der Waals surface area contributed by atoms with Crippen molar-refractivity contribution in [3.63, 3.8) is 0 Å². The van der Waals surface area contributed by atoms with Gasteiger partial charge in [-0.2, -0.15) is 0 Å². The van der Waals surface area contributed by atoms with Gasteiger partial charge in [-0.3, -0.25) is 19.7 Å². The van der Waals surface area contributed by atoms with Crippen molar-refractivity contribution in [1.82, 2.24) is 9.80 Å². The number of amides is 2. The van der Waals surface area contributed by atoms with E-state index in [1.165, 1.54) is 37.4 Å². The molecule has 0 radical (unpaired) electrons. The van der Waals surface area contributed by atoms with Crippen LogP contribution >= 0.6 is 11.6 Å². The number of nitrogens with zero attached hydrogens (tertiary/aromatic N) is 3. The molecular weight excluding hydrogens is 438 g/mol. The average molecular weight is 462 g/mol. The van der Waals surface area contributed by atoms with Crippen LogP contribution in [0.2, 0.25) is 5.02 Å². The van der Waals surface area contributed by atoms with E-state index in [-0.39, 0.29) is 45.7 Å². The lowest BCUT2D eigenvalue weighted by Crippen LogP contribution is -2.51. The second kappa shape index (κ2) is 9.86. The molecule has 3 rings (SSSR count). The van der Waals surface area contributed by atoms with E-state index < -0.39 is 4.92 Å². The molecule has 1 aliphatic heterocycles. The molecule has 0 aliphatic carbocycles. The summed E-state index contributed by atoms with van der Waals surface area (Å²) >= 11 is 5.85. The summed E-state index contributed by atoms with van der Waals surface area (Å²) < 4.78 is 11.0. The van der Waals surface area contributed by atoms with Crippen LogP contribution in [0.1, 0.15) is 24.2 Å². The molecule has 10 heteroatoms. The van der Waals surface area contributed by atoms with Crippen LogP contribution in [0, 0.1) is 16.0 Å². The minimum atomic E-state index is -0.588. The van der Waals surface area contributed by atoms with Gasteiger partial charge in [0.1, 0.15) is 0 Å². The van der Waals surface area contributed by atoms with Crippen molar-refractivity contribution in [2.45, 2.75) is 13.8 Å². The Morgan fingerprint density at radius 3 is 2.22 bits per heavy atom. The molecule has 1 saturated heterocycles. The van der Waals surface area contributed by atoms with Gasteiger partial charge in [0.05, 0.1) is 12.0 Å². The Kier molecular flexibility index (Phi) is 7.19. The van der Waals surface area contributed by atoms with Crippen molar-refractivity contribution >= 4 is 29.1 Å². The number of hydrogen-bond donors (Lipinski definition) is 0. The normalized spacial score (nSPS) is 13.8. The molecule has 0 spiro atoms. The summed E-state index contributed by atoms with van der Waals surface area (Å²) in [6, 6.07) is 8.72. The van der Waals surface area contributed by atoms with E-state index in [0.717, 1.165) is 0 Å². The number of benzene rings is 2. The Bertz CT molecular complexity index is 1030. The standard InChI is InChI=1S/C22H24ClN3O6/c1-14(2)21(27)24-8-10-25(11-9-24)22(28)15-4-6-19(20(12-15)31-3)32-18-7-5-16(23)13-17(18)26(29)30/h4-7,12-14H,8-11H2,1-3H3. The van der Waals surface area contributed by atoms with Gasteiger partial charge in [0.25, 0.3) is 5.91 Å². The molecule has 2 amide bonds. The second-order valence-corrected chi connectivity index (χ2v) is 8.05. The van der Waals surface area contributed by atoms with E-state index in [4.69, 9.17) is 21.1 Å². The molecule has 0 atom stereocenters. The maximum absolute atomic E-state index is 13.0. The first-order valence-electron chi connectivity index (χ1n) is 10.1. The molecule has 2 aromatic rings. The predicted molar refractivity (Wildman–Crippen MR) is 118 cm³/mol. The summed E-state index contributed by atoms with van der Waals surface area (Å²) in [6.07, 6.45) is 0. The van der Waals surface area contributed by atoms with E-state index in [1.807, 2.05) is 13.8 Å². The maximum Gasteiger partial charge on any atom is 0.313 e. The summed E-state index contributed by atoms with van der Waals surface area (Å²) in [5, 5.41) is 11.5. The topological polar surface area (TPSA) is 102 Å². The van der Waals surface area contributed by atoms with Crippen molar-refractivity contribution < 1.29 is 24.0 Å². The molecule has 1 fully saturated rings. The molecule has 0 unspecified atom stereocenters. The lowest BCUT2D eigenvalue weighted by atomic mass is 10.1. The van der Waals surface area contributed by atoms with Gasteiger partial charge in [-0.15, -0.1) is 0 Å². The average Bonchev–Trinajstić information content (AvgIpc) is 2.79. The van der Waals surface area contributed by atoms with Crippen molar-refractivity contribution in [2.24, 2.45) is 5.92 Å². The molecule has 170 valence electrons. The Balaban J connectivity index is 1.76. The summed E-state index contributed by atoms with van der Waals surface area (Å²) in [5.41, 5.74) is 0.108. The number of hydrogen-bond acceptors (Lipinski definition) is 6. The smallest absolute Gasteiger partial charge is 0.313 e. The highest BCUT2D eigenvalue weighted by molar-refractivity contribution is 6.30. The van der Waals surface area contributed by atoms with Crippen LogP contribution in [0.25, 0.3) is 0 Å². The summed E-state index contributed by atoms with van der Waals surface area (Å²) in [6.45, 7) is 5.56. The maximum atomic E-state index is 13.0. The Labute approximate surface area is 190 Å². The van der Waals surface area contributed by atoms with Gasteiger partial charge in [-0.1, -0.05) is 25.4 Å². The molecule has 0 aromatic heterocycles. The minimum absolute atomic E-state index is 0.00252. The first-order chi connectivity index (χ1) is 15.2. The highest BCUT2D eigenvalue weighted by atomic mass is 35.5. The third-order valence-electron chi connectivity index (χ3n) is 5.12. The van der Waals surface area contributed by atoms with Gasteiger partial charge in [-0.05, 0) is 30.3 Å². The third kappa shape index (κ3) is 5.11. The first kappa shape index (κ1) is 23.3. The van der Waals surface area contributed by atoms with Crippen LogP contribution in [0.5, 0.6) is 17.2 Å². The predicted octanol–water partition coefficient (Wildman–Crippen LogP) is 3.99. The van der Waals surface area contributed by atoms with Gasteiger partial charge in [0, 0.05) is 48.7 Å². The lowest BCUT2D eigenvalue weighted by molar-refractivity contribution is -0.385. The zero-order valence-electron chi connectivity index (χ0n) is 18.0. The van der Waals surface area contributed by atoms with Gasteiger partial charge in [0.15, 0.2) is 11.5 Å². The largest absolute Gasteiger partial charge is 0.493 e. The molecule has 0 N–H and O–H groups in total. The fraction of sp³-hybridized carbons (Fsp3) is 0.364. The fourth-order valence-electron chi connectivity index (χ4n) is 3.40. The first-order valence-corrected chi connectivity index (χ1v) is 10.5. The third-order valence-corrected chi connectivity index (χ3v) is 5.36. The SMILES string of the molecule is COc1cc(C(=O)N2CCN(C(=O)C(C)C)CC2)ccc1Oc1ccc(Cl)cc1[N+](=O)[O-]. The second-order valence-electron chi connectivity index (χ2n) is 7.61. The number of nitro benzene ring substituents is 1. The quantitative estimate of drug-likeness (QED) is 0.476. The van der Waals surface area contributed by atoms with E-state index in [1.54, 1.807) is 15.9 Å². The Hall–Kier alpha value is -3.33. The number of piperazine rings is 1. The highest BCUT2D eigenvalue weighted by Crippen LogP contribution is 2.38. The van der Waals surface area contributed by atoms with Crippen molar-refractivity contribution in [2.75, 3.05) is 33.3 Å². The van der Waals surface area contributed by atoms with Gasteiger partial charge >= 0.3 is 5.69 Å². The number of nitro groups is 1. The zero-order chi connectivity index (χ0) is 23.4. The molecule has 0 saturated carbocycles. The number of rotatable bonds is 6. The lowest BCUT2D eigenvalue weighted by Gasteiger charge is -2.35. The van der Waals surface area contributed by atoms with E-state index in [9.17, 15) is 19.7 Å². The minimum Gasteiger partial charge on any atom is -0.493 e. The number of ether oxygens (including phenoxy) is 2. The van der Waals surface area contributed by atoms with Crippen LogP contribution in [0.4, 0.5) is 5.69 Å². The number of carbonyl (C=O) groups is 2. The van der Waals surface area contributed by atoms with E-state index in [2.05, 4.69) is 0 Å². The number of halogens is 1. The van der Waals surface area contributed by atoms with Crippen molar-refractivity contribution in [3.05, 3.63) is 57.1 Å². The molecule has 1 aliphatic rings. The molecular formula is C22H24ClN3O6. The molecule has 2 aromatic carbocycles. The Morgan fingerprint density at radius 2 is 1.62 bits per heavy atom. The van der Waals surface area contributed by atoms with Crippen LogP contribution in [-0.2, 0) is 4.79 Å². The molecule has 9 nitrogen and oxygen atoms in total. The van der Waals surface area contributed by atoms with Gasteiger partial charge < -0.3 is 19.3 Å². The van der Waals surface area contributed by atoms with Gasteiger partial charge in [-0.25, -0.2) is 0 Å². The zero-order valence-corrected chi connectivity index (χ0v) is 18.8. The number of carbonyl (C=O) groups excluding carboxylic acids is 2. The van der Waals surface area contributed by atoms with Gasteiger partial charge in [0.2, 0.25) is 11.7 Å². The number of methoxy groups -OCH3 is 1.